The van der Waals surface area contributed by atoms with Gasteiger partial charge in [0, 0.05) is 18.8 Å². The highest BCUT2D eigenvalue weighted by Crippen LogP contribution is 2.21. The first-order valence-corrected chi connectivity index (χ1v) is 10.6. The van der Waals surface area contributed by atoms with Gasteiger partial charge in [0.1, 0.15) is 5.82 Å². The van der Waals surface area contributed by atoms with Crippen LogP contribution in [-0.2, 0) is 19.6 Å². The molecule has 0 saturated carbocycles. The molecule has 1 saturated heterocycles. The Hall–Kier alpha value is -2.78. The fraction of sp³-hybridized carbons (Fsp3) is 0.300. The summed E-state index contributed by atoms with van der Waals surface area (Å²) >= 11 is 0. The van der Waals surface area contributed by atoms with E-state index in [-0.39, 0.29) is 16.1 Å². The lowest BCUT2D eigenvalue weighted by atomic mass is 10.2. The summed E-state index contributed by atoms with van der Waals surface area (Å²) in [6, 6.07) is 10.7. The van der Waals surface area contributed by atoms with Gasteiger partial charge in [0.2, 0.25) is 10.0 Å². The minimum atomic E-state index is -3.57. The smallest absolute Gasteiger partial charge is 0.338 e. The molecule has 1 amide bonds. The monoisotopic (exact) mass is 420 g/mol. The van der Waals surface area contributed by atoms with Crippen molar-refractivity contribution in [2.45, 2.75) is 30.8 Å². The average molecular weight is 420 g/mol. The van der Waals surface area contributed by atoms with Crippen molar-refractivity contribution in [1.29, 1.82) is 0 Å². The third kappa shape index (κ3) is 4.99. The van der Waals surface area contributed by atoms with Gasteiger partial charge in [-0.1, -0.05) is 6.07 Å². The molecule has 0 radical (unpaired) electrons. The van der Waals surface area contributed by atoms with Crippen LogP contribution in [0.3, 0.4) is 0 Å². The van der Waals surface area contributed by atoms with Crippen molar-refractivity contribution >= 4 is 27.6 Å². The molecule has 1 atom stereocenters. The van der Waals surface area contributed by atoms with Crippen molar-refractivity contribution in [3.63, 3.8) is 0 Å². The Morgan fingerprint density at radius 3 is 2.38 bits per heavy atom. The third-order valence-corrected chi connectivity index (χ3v) is 6.45. The molecule has 1 unspecified atom stereocenters. The molecule has 0 spiro atoms. The first-order chi connectivity index (χ1) is 13.8. The van der Waals surface area contributed by atoms with E-state index in [0.29, 0.717) is 13.1 Å². The van der Waals surface area contributed by atoms with E-state index in [9.17, 15) is 22.4 Å². The summed E-state index contributed by atoms with van der Waals surface area (Å²) in [5.41, 5.74) is 0.366. The number of nitrogens with one attached hydrogen (secondary N) is 1. The first-order valence-electron chi connectivity index (χ1n) is 9.15. The Kier molecular flexibility index (Phi) is 6.29. The van der Waals surface area contributed by atoms with E-state index in [1.165, 1.54) is 53.7 Å². The maximum atomic E-state index is 13.2. The SMILES string of the molecule is CC(OC(=O)c1ccc(S(=O)(=O)N2CCCC2)cc1)C(=O)Nc1cccc(F)c1. The van der Waals surface area contributed by atoms with Crippen LogP contribution in [0.15, 0.2) is 53.4 Å². The molecule has 3 rings (SSSR count). The molecular formula is C20H21FN2O5S. The number of rotatable bonds is 6. The third-order valence-electron chi connectivity index (χ3n) is 4.54. The highest BCUT2D eigenvalue weighted by molar-refractivity contribution is 7.89. The van der Waals surface area contributed by atoms with Gasteiger partial charge in [-0.3, -0.25) is 4.79 Å². The minimum absolute atomic E-state index is 0.104. The second kappa shape index (κ2) is 8.71. The van der Waals surface area contributed by atoms with Crippen LogP contribution >= 0.6 is 0 Å². The number of carbonyl (C=O) groups is 2. The second-order valence-electron chi connectivity index (χ2n) is 6.68. The maximum Gasteiger partial charge on any atom is 0.338 e. The Bertz CT molecular complexity index is 1000. The Morgan fingerprint density at radius 1 is 1.10 bits per heavy atom. The summed E-state index contributed by atoms with van der Waals surface area (Å²) in [4.78, 5) is 24.5. The predicted molar refractivity (Wildman–Crippen MR) is 104 cm³/mol. The zero-order chi connectivity index (χ0) is 21.0. The molecule has 0 aromatic heterocycles. The molecule has 0 bridgehead atoms. The average Bonchev–Trinajstić information content (AvgIpc) is 3.23. The minimum Gasteiger partial charge on any atom is -0.449 e. The van der Waals surface area contributed by atoms with Crippen LogP contribution in [0.4, 0.5) is 10.1 Å². The summed E-state index contributed by atoms with van der Waals surface area (Å²) in [5.74, 6) is -1.88. The first kappa shape index (κ1) is 20.9. The Morgan fingerprint density at radius 2 is 1.76 bits per heavy atom. The number of carbonyl (C=O) groups excluding carboxylic acids is 2. The van der Waals surface area contributed by atoms with Gasteiger partial charge in [-0.25, -0.2) is 17.6 Å². The lowest BCUT2D eigenvalue weighted by Gasteiger charge is -2.16. The lowest BCUT2D eigenvalue weighted by Crippen LogP contribution is -2.30. The van der Waals surface area contributed by atoms with E-state index in [0.717, 1.165) is 18.9 Å². The van der Waals surface area contributed by atoms with Gasteiger partial charge in [-0.05, 0) is 62.2 Å². The number of esters is 1. The van der Waals surface area contributed by atoms with Crippen molar-refractivity contribution in [2.24, 2.45) is 0 Å². The van der Waals surface area contributed by atoms with E-state index >= 15 is 0 Å². The van der Waals surface area contributed by atoms with Crippen molar-refractivity contribution < 1.29 is 27.1 Å². The van der Waals surface area contributed by atoms with Crippen molar-refractivity contribution in [3.05, 3.63) is 59.9 Å². The standard InChI is InChI=1S/C20H21FN2O5S/c1-14(19(24)22-17-6-4-5-16(21)13-17)28-20(25)15-7-9-18(10-8-15)29(26,27)23-11-2-3-12-23/h4-10,13-14H,2-3,11-12H2,1H3,(H,22,24). The van der Waals surface area contributed by atoms with Crippen LogP contribution in [0.25, 0.3) is 0 Å². The van der Waals surface area contributed by atoms with Gasteiger partial charge in [0.15, 0.2) is 6.10 Å². The van der Waals surface area contributed by atoms with Gasteiger partial charge in [0.05, 0.1) is 10.5 Å². The van der Waals surface area contributed by atoms with E-state index in [1.807, 2.05) is 0 Å². The second-order valence-corrected chi connectivity index (χ2v) is 8.62. The van der Waals surface area contributed by atoms with Gasteiger partial charge in [-0.2, -0.15) is 4.31 Å². The molecule has 1 aliphatic heterocycles. The summed E-state index contributed by atoms with van der Waals surface area (Å²) < 4.78 is 44.7. The quantitative estimate of drug-likeness (QED) is 0.726. The number of sulfonamides is 1. The normalized spacial score (nSPS) is 15.7. The van der Waals surface area contributed by atoms with Crippen LogP contribution in [0, 0.1) is 5.82 Å². The number of ether oxygens (including phenoxy) is 1. The number of anilines is 1. The molecule has 1 aliphatic rings. The molecule has 1 heterocycles. The number of hydrogen-bond donors (Lipinski definition) is 1. The van der Waals surface area contributed by atoms with Crippen LogP contribution in [0.1, 0.15) is 30.1 Å². The molecule has 2 aromatic carbocycles. The van der Waals surface area contributed by atoms with Crippen molar-refractivity contribution in [3.8, 4) is 0 Å². The van der Waals surface area contributed by atoms with Crippen molar-refractivity contribution in [1.82, 2.24) is 4.31 Å². The molecular weight excluding hydrogens is 399 g/mol. The molecule has 7 nitrogen and oxygen atoms in total. The summed E-state index contributed by atoms with van der Waals surface area (Å²) in [7, 11) is -3.57. The van der Waals surface area contributed by atoms with E-state index in [2.05, 4.69) is 5.32 Å². The largest absolute Gasteiger partial charge is 0.449 e. The van der Waals surface area contributed by atoms with Crippen LogP contribution < -0.4 is 5.32 Å². The summed E-state index contributed by atoms with van der Waals surface area (Å²) in [6.45, 7) is 2.37. The molecule has 1 N–H and O–H groups in total. The molecule has 0 aliphatic carbocycles. The zero-order valence-corrected chi connectivity index (χ0v) is 16.6. The van der Waals surface area contributed by atoms with Gasteiger partial charge in [-0.15, -0.1) is 0 Å². The number of hydrogen-bond acceptors (Lipinski definition) is 5. The van der Waals surface area contributed by atoms with Crippen LogP contribution in [-0.4, -0.2) is 43.8 Å². The molecule has 29 heavy (non-hydrogen) atoms. The van der Waals surface area contributed by atoms with Crippen LogP contribution in [0.5, 0.6) is 0 Å². The highest BCUT2D eigenvalue weighted by atomic mass is 32.2. The number of benzene rings is 2. The highest BCUT2D eigenvalue weighted by Gasteiger charge is 2.27. The fourth-order valence-corrected chi connectivity index (χ4v) is 4.45. The maximum absolute atomic E-state index is 13.2. The Balaban J connectivity index is 1.62. The molecule has 2 aromatic rings. The van der Waals surface area contributed by atoms with Crippen LogP contribution in [0.2, 0.25) is 0 Å². The summed E-state index contributed by atoms with van der Waals surface area (Å²) in [5, 5.41) is 2.46. The molecule has 154 valence electrons. The fourth-order valence-electron chi connectivity index (χ4n) is 2.93. The van der Waals surface area contributed by atoms with Gasteiger partial charge >= 0.3 is 5.97 Å². The van der Waals surface area contributed by atoms with E-state index < -0.39 is 33.8 Å². The topological polar surface area (TPSA) is 92.8 Å². The van der Waals surface area contributed by atoms with E-state index in [1.54, 1.807) is 0 Å². The summed E-state index contributed by atoms with van der Waals surface area (Å²) in [6.07, 6.45) is 0.539. The van der Waals surface area contributed by atoms with Crippen molar-refractivity contribution in [2.75, 3.05) is 18.4 Å². The molecule has 1 fully saturated rings. The lowest BCUT2D eigenvalue weighted by molar-refractivity contribution is -0.123. The van der Waals surface area contributed by atoms with E-state index in [4.69, 9.17) is 4.74 Å². The number of nitrogens with zero attached hydrogens (tertiary/aromatic N) is 1. The number of halogens is 1. The predicted octanol–water partition coefficient (Wildman–Crippen LogP) is 2.79. The Labute approximate surface area is 168 Å². The van der Waals surface area contributed by atoms with Gasteiger partial charge in [0.25, 0.3) is 5.91 Å². The van der Waals surface area contributed by atoms with Gasteiger partial charge < -0.3 is 10.1 Å². The molecule has 9 heteroatoms. The number of amides is 1. The zero-order valence-electron chi connectivity index (χ0n) is 15.8.